The molecule has 1 saturated heterocycles. The maximum atomic E-state index is 6.33. The highest BCUT2D eigenvalue weighted by atomic mass is 16.5. The van der Waals surface area contributed by atoms with E-state index in [0.717, 1.165) is 19.1 Å². The minimum Gasteiger partial charge on any atom is -0.375 e. The zero-order valence-electron chi connectivity index (χ0n) is 14.3. The molecular formula is C19H35NO. The van der Waals surface area contributed by atoms with Gasteiger partial charge in [-0.3, -0.25) is 0 Å². The number of rotatable bonds is 4. The highest BCUT2D eigenvalue weighted by molar-refractivity contribution is 5.00. The third-order valence-corrected chi connectivity index (χ3v) is 6.69. The minimum absolute atomic E-state index is 0.254. The summed E-state index contributed by atoms with van der Waals surface area (Å²) in [4.78, 5) is 0. The summed E-state index contributed by atoms with van der Waals surface area (Å²) in [5.41, 5.74) is 0.789. The van der Waals surface area contributed by atoms with Crippen LogP contribution in [-0.4, -0.2) is 24.8 Å². The normalized spacial score (nSPS) is 33.1. The molecule has 1 heterocycles. The van der Waals surface area contributed by atoms with Crippen molar-refractivity contribution in [2.45, 2.75) is 96.1 Å². The Morgan fingerprint density at radius 1 is 1.05 bits per heavy atom. The second-order valence-corrected chi connectivity index (χ2v) is 8.24. The Kier molecular flexibility index (Phi) is 4.95. The predicted octanol–water partition coefficient (Wildman–Crippen LogP) is 4.67. The Hall–Kier alpha value is -0.0800. The maximum Gasteiger partial charge on any atom is 0.0685 e. The number of hydrogen-bond acceptors (Lipinski definition) is 2. The lowest BCUT2D eigenvalue weighted by atomic mass is 9.67. The molecule has 2 unspecified atom stereocenters. The van der Waals surface area contributed by atoms with Gasteiger partial charge in [-0.05, 0) is 56.4 Å². The van der Waals surface area contributed by atoms with Gasteiger partial charge in [0, 0.05) is 12.6 Å². The van der Waals surface area contributed by atoms with Crippen molar-refractivity contribution in [1.29, 1.82) is 0 Å². The molecule has 1 aliphatic heterocycles. The van der Waals surface area contributed by atoms with E-state index >= 15 is 0 Å². The lowest BCUT2D eigenvalue weighted by molar-refractivity contribution is -0.127. The topological polar surface area (TPSA) is 21.3 Å². The summed E-state index contributed by atoms with van der Waals surface area (Å²) in [5, 5.41) is 3.90. The lowest BCUT2D eigenvalue weighted by Gasteiger charge is -2.49. The van der Waals surface area contributed by atoms with Gasteiger partial charge in [0.1, 0.15) is 0 Å². The van der Waals surface area contributed by atoms with Crippen LogP contribution < -0.4 is 5.32 Å². The van der Waals surface area contributed by atoms with Crippen LogP contribution in [0.3, 0.4) is 0 Å². The molecule has 0 aromatic carbocycles. The van der Waals surface area contributed by atoms with E-state index < -0.39 is 0 Å². The fourth-order valence-electron chi connectivity index (χ4n) is 5.59. The van der Waals surface area contributed by atoms with Gasteiger partial charge in [0.15, 0.2) is 0 Å². The summed E-state index contributed by atoms with van der Waals surface area (Å²) in [6.07, 6.45) is 15.1. The molecule has 2 nitrogen and oxygen atoms in total. The molecular weight excluding hydrogens is 258 g/mol. The summed E-state index contributed by atoms with van der Waals surface area (Å²) >= 11 is 0. The highest BCUT2D eigenvalue weighted by Crippen LogP contribution is 2.48. The Morgan fingerprint density at radius 2 is 1.71 bits per heavy atom. The maximum absolute atomic E-state index is 6.33. The van der Waals surface area contributed by atoms with Gasteiger partial charge in [0.25, 0.3) is 0 Å². The molecule has 3 rings (SSSR count). The first kappa shape index (κ1) is 15.8. The Labute approximate surface area is 131 Å². The SMILES string of the molecule is CCNC(C1CCOC2(CCCCC2)C1)C1(C)CCCC1. The molecule has 0 radical (unpaired) electrons. The van der Waals surface area contributed by atoms with Gasteiger partial charge in [-0.1, -0.05) is 46.0 Å². The third-order valence-electron chi connectivity index (χ3n) is 6.69. The number of hydrogen-bond donors (Lipinski definition) is 1. The molecule has 1 spiro atoms. The standard InChI is InChI=1S/C19H35NO/c1-3-20-17(18(2)10-7-8-11-18)16-9-14-21-19(15-16)12-5-4-6-13-19/h16-17,20H,3-15H2,1-2H3. The van der Waals surface area contributed by atoms with E-state index in [4.69, 9.17) is 4.74 Å². The van der Waals surface area contributed by atoms with E-state index in [1.165, 1.54) is 70.6 Å². The zero-order valence-corrected chi connectivity index (χ0v) is 14.3. The average molecular weight is 293 g/mol. The fourth-order valence-corrected chi connectivity index (χ4v) is 5.59. The summed E-state index contributed by atoms with van der Waals surface area (Å²) in [7, 11) is 0. The number of nitrogens with one attached hydrogen (secondary N) is 1. The van der Waals surface area contributed by atoms with Gasteiger partial charge in [-0.25, -0.2) is 0 Å². The second kappa shape index (κ2) is 6.58. The van der Waals surface area contributed by atoms with Crippen LogP contribution in [0.25, 0.3) is 0 Å². The fraction of sp³-hybridized carbons (Fsp3) is 1.00. The first-order valence-electron chi connectivity index (χ1n) is 9.55. The Bertz CT molecular complexity index is 323. The summed E-state index contributed by atoms with van der Waals surface area (Å²) in [6.45, 7) is 6.95. The molecule has 0 aromatic rings. The van der Waals surface area contributed by atoms with Crippen molar-refractivity contribution in [3.8, 4) is 0 Å². The quantitative estimate of drug-likeness (QED) is 0.813. The Balaban J connectivity index is 1.72. The van der Waals surface area contributed by atoms with Crippen LogP contribution in [0.2, 0.25) is 0 Å². The van der Waals surface area contributed by atoms with Crippen LogP contribution in [0.5, 0.6) is 0 Å². The third kappa shape index (κ3) is 3.32. The largest absolute Gasteiger partial charge is 0.375 e. The molecule has 3 aliphatic rings. The molecule has 2 heteroatoms. The lowest BCUT2D eigenvalue weighted by Crippen LogP contribution is -2.53. The number of ether oxygens (including phenoxy) is 1. The van der Waals surface area contributed by atoms with Crippen LogP contribution >= 0.6 is 0 Å². The van der Waals surface area contributed by atoms with Crippen LogP contribution in [0.1, 0.15) is 84.5 Å². The molecule has 2 aliphatic carbocycles. The van der Waals surface area contributed by atoms with Crippen LogP contribution in [-0.2, 0) is 4.74 Å². The van der Waals surface area contributed by atoms with Crippen molar-refractivity contribution < 1.29 is 4.74 Å². The van der Waals surface area contributed by atoms with Crippen LogP contribution in [0.15, 0.2) is 0 Å². The molecule has 3 fully saturated rings. The van der Waals surface area contributed by atoms with E-state index in [1.54, 1.807) is 0 Å². The average Bonchev–Trinajstić information content (AvgIpc) is 2.93. The predicted molar refractivity (Wildman–Crippen MR) is 88.5 cm³/mol. The van der Waals surface area contributed by atoms with E-state index in [9.17, 15) is 0 Å². The molecule has 0 amide bonds. The van der Waals surface area contributed by atoms with Gasteiger partial charge in [-0.15, -0.1) is 0 Å². The van der Waals surface area contributed by atoms with Gasteiger partial charge in [0.05, 0.1) is 5.60 Å². The van der Waals surface area contributed by atoms with Gasteiger partial charge < -0.3 is 10.1 Å². The second-order valence-electron chi connectivity index (χ2n) is 8.24. The van der Waals surface area contributed by atoms with E-state index in [-0.39, 0.29) is 5.60 Å². The molecule has 2 saturated carbocycles. The van der Waals surface area contributed by atoms with E-state index in [1.807, 2.05) is 0 Å². The molecule has 1 N–H and O–H groups in total. The van der Waals surface area contributed by atoms with Crippen molar-refractivity contribution in [3.05, 3.63) is 0 Å². The molecule has 0 aromatic heterocycles. The van der Waals surface area contributed by atoms with Crippen molar-refractivity contribution in [2.75, 3.05) is 13.2 Å². The van der Waals surface area contributed by atoms with Crippen molar-refractivity contribution in [1.82, 2.24) is 5.32 Å². The first-order chi connectivity index (χ1) is 10.2. The summed E-state index contributed by atoms with van der Waals surface area (Å²) in [5.74, 6) is 0.833. The monoisotopic (exact) mass is 293 g/mol. The molecule has 122 valence electrons. The van der Waals surface area contributed by atoms with Crippen LogP contribution in [0.4, 0.5) is 0 Å². The van der Waals surface area contributed by atoms with Crippen molar-refractivity contribution in [2.24, 2.45) is 11.3 Å². The van der Waals surface area contributed by atoms with E-state index in [2.05, 4.69) is 19.2 Å². The van der Waals surface area contributed by atoms with Gasteiger partial charge >= 0.3 is 0 Å². The summed E-state index contributed by atoms with van der Waals surface area (Å²) < 4.78 is 6.33. The zero-order chi connectivity index (χ0) is 14.8. The van der Waals surface area contributed by atoms with Crippen molar-refractivity contribution >= 4 is 0 Å². The first-order valence-corrected chi connectivity index (χ1v) is 9.55. The molecule has 2 atom stereocenters. The van der Waals surface area contributed by atoms with Gasteiger partial charge in [0.2, 0.25) is 0 Å². The molecule has 0 bridgehead atoms. The summed E-state index contributed by atoms with van der Waals surface area (Å²) in [6, 6.07) is 0.715. The van der Waals surface area contributed by atoms with Gasteiger partial charge in [-0.2, -0.15) is 0 Å². The smallest absolute Gasteiger partial charge is 0.0685 e. The van der Waals surface area contributed by atoms with Crippen molar-refractivity contribution in [3.63, 3.8) is 0 Å². The Morgan fingerprint density at radius 3 is 2.38 bits per heavy atom. The van der Waals surface area contributed by atoms with Crippen LogP contribution in [0, 0.1) is 11.3 Å². The molecule has 21 heavy (non-hydrogen) atoms. The minimum atomic E-state index is 0.254. The highest BCUT2D eigenvalue weighted by Gasteiger charge is 2.46. The van der Waals surface area contributed by atoms with E-state index in [0.29, 0.717) is 11.5 Å².